The van der Waals surface area contributed by atoms with E-state index in [0.717, 1.165) is 36.3 Å². The zero-order valence-electron chi connectivity index (χ0n) is 29.2. The highest BCUT2D eigenvalue weighted by Gasteiger charge is 2.29. The van der Waals surface area contributed by atoms with Crippen LogP contribution in [0.5, 0.6) is 17.2 Å². The van der Waals surface area contributed by atoms with E-state index in [2.05, 4.69) is 39.8 Å². The lowest BCUT2D eigenvalue weighted by molar-refractivity contribution is -0.143. The molecular formula is C43H41N3O7. The van der Waals surface area contributed by atoms with Crippen molar-refractivity contribution in [3.8, 4) is 28.4 Å². The lowest BCUT2D eigenvalue weighted by Gasteiger charge is -2.29. The second kappa shape index (κ2) is 16.5. The van der Waals surface area contributed by atoms with E-state index in [1.165, 1.54) is 11.1 Å². The molecule has 1 fully saturated rings. The molecular weight excluding hydrogens is 670 g/mol. The van der Waals surface area contributed by atoms with E-state index in [1.807, 2.05) is 60.7 Å². The summed E-state index contributed by atoms with van der Waals surface area (Å²) in [5.74, 6) is 0.515. The van der Waals surface area contributed by atoms with Crippen LogP contribution in [-0.2, 0) is 16.1 Å². The molecule has 10 nitrogen and oxygen atoms in total. The average molecular weight is 712 g/mol. The molecule has 53 heavy (non-hydrogen) atoms. The normalized spacial score (nSPS) is 14.1. The van der Waals surface area contributed by atoms with Crippen molar-refractivity contribution in [2.24, 2.45) is 5.92 Å². The minimum Gasteiger partial charge on any atom is -0.492 e. The number of hydrogen-bond donors (Lipinski definition) is 3. The number of nitrogens with one attached hydrogen (secondary N) is 2. The van der Waals surface area contributed by atoms with Crippen molar-refractivity contribution in [2.45, 2.75) is 25.3 Å². The smallest absolute Gasteiger partial charge is 0.407 e. The molecule has 5 aromatic carbocycles. The fourth-order valence-corrected chi connectivity index (χ4v) is 6.88. The van der Waals surface area contributed by atoms with Crippen LogP contribution in [0.1, 0.15) is 45.8 Å². The number of carbonyl (C=O) groups excluding carboxylic acids is 2. The molecule has 0 atom stereocenters. The van der Waals surface area contributed by atoms with Crippen molar-refractivity contribution in [2.75, 3.05) is 38.2 Å². The summed E-state index contributed by atoms with van der Waals surface area (Å²) >= 11 is 0. The summed E-state index contributed by atoms with van der Waals surface area (Å²) in [6, 6.07) is 37.9. The third kappa shape index (κ3) is 8.68. The van der Waals surface area contributed by atoms with E-state index >= 15 is 0 Å². The van der Waals surface area contributed by atoms with Gasteiger partial charge in [0.05, 0.1) is 11.6 Å². The SMILES string of the molecule is O=C(NCc1ccc(C(=O)Nc2ccccc2Oc2ccc(OCCN3CCC(C(=O)O)CC3)cc2)cc1)OCC1c2ccccc2-c2ccccc21. The van der Waals surface area contributed by atoms with Crippen LogP contribution in [0.15, 0.2) is 121 Å². The van der Waals surface area contributed by atoms with Crippen molar-refractivity contribution in [3.05, 3.63) is 144 Å². The molecule has 3 N–H and O–H groups in total. The Morgan fingerprint density at radius 2 is 1.36 bits per heavy atom. The van der Waals surface area contributed by atoms with Crippen molar-refractivity contribution in [3.63, 3.8) is 0 Å². The Hall–Kier alpha value is -6.13. The van der Waals surface area contributed by atoms with Crippen LogP contribution < -0.4 is 20.1 Å². The number of aliphatic carboxylic acids is 1. The van der Waals surface area contributed by atoms with Gasteiger partial charge in [-0.25, -0.2) is 4.79 Å². The molecule has 0 bridgehead atoms. The number of piperidine rings is 1. The van der Waals surface area contributed by atoms with E-state index in [-0.39, 0.29) is 30.9 Å². The first-order valence-corrected chi connectivity index (χ1v) is 17.9. The topological polar surface area (TPSA) is 126 Å². The number of ether oxygens (including phenoxy) is 3. The maximum Gasteiger partial charge on any atom is 0.407 e. The van der Waals surface area contributed by atoms with Crippen molar-refractivity contribution in [1.82, 2.24) is 10.2 Å². The van der Waals surface area contributed by atoms with Crippen LogP contribution in [0.3, 0.4) is 0 Å². The molecule has 10 heteroatoms. The maximum absolute atomic E-state index is 13.2. The third-order valence-electron chi connectivity index (χ3n) is 9.80. The zero-order chi connectivity index (χ0) is 36.6. The number of rotatable bonds is 13. The summed E-state index contributed by atoms with van der Waals surface area (Å²) in [7, 11) is 0. The summed E-state index contributed by atoms with van der Waals surface area (Å²) in [5, 5.41) is 14.9. The van der Waals surface area contributed by atoms with Crippen LogP contribution in [0.4, 0.5) is 10.5 Å². The van der Waals surface area contributed by atoms with Gasteiger partial charge in [-0.3, -0.25) is 14.5 Å². The van der Waals surface area contributed by atoms with Gasteiger partial charge in [-0.1, -0.05) is 72.8 Å². The summed E-state index contributed by atoms with van der Waals surface area (Å²) in [4.78, 5) is 39.2. The number of carbonyl (C=O) groups is 3. The van der Waals surface area contributed by atoms with Crippen LogP contribution in [0.2, 0.25) is 0 Å². The number of carboxylic acids is 1. The fourth-order valence-electron chi connectivity index (χ4n) is 6.88. The molecule has 0 aromatic heterocycles. The largest absolute Gasteiger partial charge is 0.492 e. The van der Waals surface area contributed by atoms with Gasteiger partial charge in [-0.2, -0.15) is 0 Å². The third-order valence-corrected chi connectivity index (χ3v) is 9.80. The molecule has 1 aliphatic carbocycles. The molecule has 0 radical (unpaired) electrons. The Labute approximate surface area is 308 Å². The fraction of sp³-hybridized carbons (Fsp3) is 0.233. The highest BCUT2D eigenvalue weighted by Crippen LogP contribution is 2.44. The number of amides is 2. The summed E-state index contributed by atoms with van der Waals surface area (Å²) in [6.07, 6.45) is 0.834. The standard InChI is InChI=1S/C43H41N3O7/c47-41(30-15-13-29(14-16-30)27-44-43(50)52-28-38-36-9-3-1-7-34(36)35-8-2-4-10-37(35)38)45-39-11-5-6-12-40(39)53-33-19-17-32(18-20-33)51-26-25-46-23-21-31(22-24-46)42(48)49/h1-20,31,38H,21-28H2,(H,44,50)(H,45,47)(H,48,49). The Bertz CT molecular complexity index is 2010. The van der Waals surface area contributed by atoms with Gasteiger partial charge in [0.1, 0.15) is 24.7 Å². The van der Waals surface area contributed by atoms with Crippen LogP contribution >= 0.6 is 0 Å². The molecule has 0 unspecified atom stereocenters. The minimum absolute atomic E-state index is 0.0127. The van der Waals surface area contributed by atoms with E-state index in [1.54, 1.807) is 36.4 Å². The van der Waals surface area contributed by atoms with Gasteiger partial charge >= 0.3 is 12.1 Å². The number of likely N-dealkylation sites (tertiary alicyclic amines) is 1. The molecule has 270 valence electrons. The summed E-state index contributed by atoms with van der Waals surface area (Å²) in [6.45, 7) is 3.26. The number of benzene rings is 5. The quantitative estimate of drug-likeness (QED) is 0.112. The number of alkyl carbamates (subject to hydrolysis) is 1. The number of fused-ring (bicyclic) bond motifs is 3. The van der Waals surface area contributed by atoms with Gasteiger partial charge in [-0.05, 0) is 102 Å². The van der Waals surface area contributed by atoms with Gasteiger partial charge in [0.25, 0.3) is 5.91 Å². The number of anilines is 1. The second-order valence-corrected chi connectivity index (χ2v) is 13.2. The number of carboxylic acid groups (broad SMARTS) is 1. The zero-order valence-corrected chi connectivity index (χ0v) is 29.2. The minimum atomic E-state index is -0.709. The van der Waals surface area contributed by atoms with Crippen molar-refractivity contribution in [1.29, 1.82) is 0 Å². The molecule has 2 amide bonds. The Kier molecular flexibility index (Phi) is 11.0. The first kappa shape index (κ1) is 35.3. The molecule has 7 rings (SSSR count). The van der Waals surface area contributed by atoms with Crippen LogP contribution in [0.25, 0.3) is 11.1 Å². The highest BCUT2D eigenvalue weighted by molar-refractivity contribution is 6.05. The predicted octanol–water partition coefficient (Wildman–Crippen LogP) is 7.95. The first-order chi connectivity index (χ1) is 25.9. The van der Waals surface area contributed by atoms with E-state index in [0.29, 0.717) is 47.9 Å². The number of para-hydroxylation sites is 2. The summed E-state index contributed by atoms with van der Waals surface area (Å²) < 4.78 is 17.7. The van der Waals surface area contributed by atoms with Gasteiger partial charge in [0.15, 0.2) is 5.75 Å². The lowest BCUT2D eigenvalue weighted by atomic mass is 9.97. The maximum atomic E-state index is 13.2. The Morgan fingerprint density at radius 1 is 0.736 bits per heavy atom. The van der Waals surface area contributed by atoms with Gasteiger partial charge in [0.2, 0.25) is 0 Å². The van der Waals surface area contributed by atoms with E-state index in [9.17, 15) is 19.5 Å². The van der Waals surface area contributed by atoms with Crippen molar-refractivity contribution < 1.29 is 33.7 Å². The first-order valence-electron chi connectivity index (χ1n) is 17.9. The average Bonchev–Trinajstić information content (AvgIpc) is 3.51. The molecule has 2 aliphatic rings. The van der Waals surface area contributed by atoms with Gasteiger partial charge < -0.3 is 30.0 Å². The molecule has 5 aromatic rings. The Morgan fingerprint density at radius 3 is 2.04 bits per heavy atom. The molecule has 0 spiro atoms. The summed E-state index contributed by atoms with van der Waals surface area (Å²) in [5.41, 5.74) is 6.47. The van der Waals surface area contributed by atoms with Crippen LogP contribution in [-0.4, -0.2) is 60.8 Å². The van der Waals surface area contributed by atoms with Gasteiger partial charge in [-0.15, -0.1) is 0 Å². The monoisotopic (exact) mass is 711 g/mol. The number of hydrogen-bond acceptors (Lipinski definition) is 7. The van der Waals surface area contributed by atoms with Crippen molar-refractivity contribution >= 4 is 23.7 Å². The molecule has 1 heterocycles. The predicted molar refractivity (Wildman–Crippen MR) is 202 cm³/mol. The van der Waals surface area contributed by atoms with E-state index < -0.39 is 12.1 Å². The molecule has 0 saturated carbocycles. The second-order valence-electron chi connectivity index (χ2n) is 13.2. The molecule has 1 aliphatic heterocycles. The van der Waals surface area contributed by atoms with E-state index in [4.69, 9.17) is 14.2 Å². The molecule has 1 saturated heterocycles. The van der Waals surface area contributed by atoms with Crippen LogP contribution in [0, 0.1) is 5.92 Å². The highest BCUT2D eigenvalue weighted by atomic mass is 16.5. The lowest BCUT2D eigenvalue weighted by Crippen LogP contribution is -2.38. The number of nitrogens with zero attached hydrogens (tertiary/aromatic N) is 1. The van der Waals surface area contributed by atoms with Gasteiger partial charge in [0, 0.05) is 24.6 Å². The Balaban J connectivity index is 0.862.